The number of aryl methyl sites for hydroxylation is 1. The van der Waals surface area contributed by atoms with Crippen LogP contribution in [0, 0.1) is 18.6 Å². The van der Waals surface area contributed by atoms with E-state index in [4.69, 9.17) is 0 Å². The predicted octanol–water partition coefficient (Wildman–Crippen LogP) is 2.98. The van der Waals surface area contributed by atoms with Crippen molar-refractivity contribution in [2.24, 2.45) is 0 Å². The average Bonchev–Trinajstić information content (AvgIpc) is 2.35. The second-order valence-corrected chi connectivity index (χ2v) is 4.15. The molecule has 2 rings (SSSR count). The Morgan fingerprint density at radius 1 is 1.11 bits per heavy atom. The van der Waals surface area contributed by atoms with Crippen LogP contribution in [0.2, 0.25) is 0 Å². The molecule has 0 spiro atoms. The molecule has 0 radical (unpaired) electrons. The Labute approximate surface area is 105 Å². The number of hydrogen-bond acceptors (Lipinski definition) is 2. The molecule has 0 fully saturated rings. The smallest absolute Gasteiger partial charge is 0.159 e. The monoisotopic (exact) mass is 248 g/mol. The van der Waals surface area contributed by atoms with Gasteiger partial charge in [0.25, 0.3) is 0 Å². The third-order valence-corrected chi connectivity index (χ3v) is 2.80. The lowest BCUT2D eigenvalue weighted by atomic mass is 10.0. The van der Waals surface area contributed by atoms with Crippen LogP contribution in [0.15, 0.2) is 36.5 Å². The number of aromatic nitrogens is 1. The molecule has 4 heteroatoms. The number of nitrogens with one attached hydrogen (secondary N) is 1. The summed E-state index contributed by atoms with van der Waals surface area (Å²) in [7, 11) is 1.76. The van der Waals surface area contributed by atoms with Crippen molar-refractivity contribution in [1.29, 1.82) is 0 Å². The summed E-state index contributed by atoms with van der Waals surface area (Å²) < 4.78 is 26.2. The zero-order valence-electron chi connectivity index (χ0n) is 10.2. The van der Waals surface area contributed by atoms with Crippen molar-refractivity contribution in [3.63, 3.8) is 0 Å². The van der Waals surface area contributed by atoms with Gasteiger partial charge in [0.05, 0.1) is 11.7 Å². The Kier molecular flexibility index (Phi) is 3.67. The van der Waals surface area contributed by atoms with E-state index in [9.17, 15) is 8.78 Å². The minimum Gasteiger partial charge on any atom is -0.308 e. The summed E-state index contributed by atoms with van der Waals surface area (Å²) in [5.74, 6) is -1.69. The lowest BCUT2D eigenvalue weighted by Crippen LogP contribution is -2.19. The van der Waals surface area contributed by atoms with E-state index in [0.29, 0.717) is 5.56 Å². The Balaban J connectivity index is 2.42. The van der Waals surface area contributed by atoms with Crippen molar-refractivity contribution in [2.45, 2.75) is 13.0 Å². The maximum absolute atomic E-state index is 13.2. The quantitative estimate of drug-likeness (QED) is 0.903. The number of benzene rings is 1. The molecule has 0 aliphatic carbocycles. The Hall–Kier alpha value is -1.81. The minimum atomic E-state index is -0.847. The molecule has 0 bridgehead atoms. The number of nitrogens with zero attached hydrogens (tertiary/aromatic N) is 1. The fourth-order valence-corrected chi connectivity index (χ4v) is 1.89. The van der Waals surface area contributed by atoms with Gasteiger partial charge in [-0.3, -0.25) is 4.98 Å². The zero-order valence-corrected chi connectivity index (χ0v) is 10.2. The molecule has 0 aliphatic heterocycles. The first kappa shape index (κ1) is 12.6. The molecule has 1 heterocycles. The highest BCUT2D eigenvalue weighted by atomic mass is 19.2. The van der Waals surface area contributed by atoms with Gasteiger partial charge < -0.3 is 5.32 Å². The van der Waals surface area contributed by atoms with Crippen LogP contribution in [0.1, 0.15) is 22.9 Å². The fraction of sp³-hybridized carbons (Fsp3) is 0.214. The van der Waals surface area contributed by atoms with Crippen molar-refractivity contribution < 1.29 is 8.78 Å². The van der Waals surface area contributed by atoms with Gasteiger partial charge >= 0.3 is 0 Å². The van der Waals surface area contributed by atoms with Crippen LogP contribution in [0.4, 0.5) is 8.78 Å². The zero-order chi connectivity index (χ0) is 13.1. The third kappa shape index (κ3) is 2.54. The molecule has 18 heavy (non-hydrogen) atoms. The lowest BCUT2D eigenvalue weighted by Gasteiger charge is -2.16. The maximum Gasteiger partial charge on any atom is 0.159 e. The first-order chi connectivity index (χ1) is 8.61. The molecular formula is C14H14F2N2. The van der Waals surface area contributed by atoms with Gasteiger partial charge in [-0.05, 0) is 49.4 Å². The molecule has 1 aromatic carbocycles. The SMILES string of the molecule is CNC(c1ccc(F)c(F)c1)c1cc(C)ccn1. The normalized spacial score (nSPS) is 12.4. The number of rotatable bonds is 3. The standard InChI is InChI=1S/C14H14F2N2/c1-9-5-6-18-13(7-9)14(17-2)10-3-4-11(15)12(16)8-10/h3-8,14,17H,1-2H3. The van der Waals surface area contributed by atoms with Gasteiger partial charge in [0.1, 0.15) is 0 Å². The van der Waals surface area contributed by atoms with Crippen LogP contribution in [-0.2, 0) is 0 Å². The number of hydrogen-bond donors (Lipinski definition) is 1. The molecule has 1 unspecified atom stereocenters. The lowest BCUT2D eigenvalue weighted by molar-refractivity contribution is 0.504. The minimum absolute atomic E-state index is 0.250. The van der Waals surface area contributed by atoms with Crippen molar-refractivity contribution in [1.82, 2.24) is 10.3 Å². The van der Waals surface area contributed by atoms with Crippen LogP contribution in [0.25, 0.3) is 0 Å². The van der Waals surface area contributed by atoms with Crippen LogP contribution < -0.4 is 5.32 Å². The van der Waals surface area contributed by atoms with Gasteiger partial charge in [0.15, 0.2) is 11.6 Å². The Morgan fingerprint density at radius 2 is 1.89 bits per heavy atom. The van der Waals surface area contributed by atoms with Gasteiger partial charge in [-0.25, -0.2) is 8.78 Å². The Morgan fingerprint density at radius 3 is 2.50 bits per heavy atom. The molecule has 94 valence electrons. The topological polar surface area (TPSA) is 24.9 Å². The first-order valence-corrected chi connectivity index (χ1v) is 5.66. The van der Waals surface area contributed by atoms with Gasteiger partial charge in [-0.15, -0.1) is 0 Å². The van der Waals surface area contributed by atoms with Crippen molar-refractivity contribution in [2.75, 3.05) is 7.05 Å². The molecule has 2 aromatic rings. The summed E-state index contributed by atoms with van der Waals surface area (Å²) in [6.07, 6.45) is 1.70. The van der Waals surface area contributed by atoms with Crippen LogP contribution >= 0.6 is 0 Å². The summed E-state index contributed by atoms with van der Waals surface area (Å²) in [4.78, 5) is 4.26. The first-order valence-electron chi connectivity index (χ1n) is 5.66. The predicted molar refractivity (Wildman–Crippen MR) is 66.2 cm³/mol. The molecule has 0 saturated carbocycles. The summed E-state index contributed by atoms with van der Waals surface area (Å²) in [6.45, 7) is 1.96. The third-order valence-electron chi connectivity index (χ3n) is 2.80. The van der Waals surface area contributed by atoms with E-state index in [1.165, 1.54) is 6.07 Å². The van der Waals surface area contributed by atoms with Crippen molar-refractivity contribution in [3.8, 4) is 0 Å². The molecule has 0 amide bonds. The second kappa shape index (κ2) is 5.23. The second-order valence-electron chi connectivity index (χ2n) is 4.15. The highest BCUT2D eigenvalue weighted by Crippen LogP contribution is 2.22. The number of pyridine rings is 1. The van der Waals surface area contributed by atoms with Crippen molar-refractivity contribution >= 4 is 0 Å². The van der Waals surface area contributed by atoms with Gasteiger partial charge in [0.2, 0.25) is 0 Å². The van der Waals surface area contributed by atoms with E-state index >= 15 is 0 Å². The van der Waals surface area contributed by atoms with E-state index < -0.39 is 11.6 Å². The molecule has 1 atom stereocenters. The highest BCUT2D eigenvalue weighted by Gasteiger charge is 2.15. The van der Waals surface area contributed by atoms with Gasteiger partial charge in [-0.2, -0.15) is 0 Å². The van der Waals surface area contributed by atoms with E-state index in [1.54, 1.807) is 19.3 Å². The summed E-state index contributed by atoms with van der Waals surface area (Å²) in [5.41, 5.74) is 2.50. The summed E-state index contributed by atoms with van der Waals surface area (Å²) in [5, 5.41) is 3.06. The average molecular weight is 248 g/mol. The Bertz CT molecular complexity index is 555. The maximum atomic E-state index is 13.2. The molecular weight excluding hydrogens is 234 g/mol. The van der Waals surface area contributed by atoms with Crippen LogP contribution in [0.5, 0.6) is 0 Å². The molecule has 0 saturated heterocycles. The molecule has 2 nitrogen and oxygen atoms in total. The van der Waals surface area contributed by atoms with E-state index in [0.717, 1.165) is 17.3 Å². The van der Waals surface area contributed by atoms with E-state index in [1.807, 2.05) is 19.1 Å². The molecule has 1 N–H and O–H groups in total. The summed E-state index contributed by atoms with van der Waals surface area (Å²) in [6, 6.07) is 7.44. The van der Waals surface area contributed by atoms with Gasteiger partial charge in [-0.1, -0.05) is 6.07 Å². The van der Waals surface area contributed by atoms with Crippen LogP contribution in [0.3, 0.4) is 0 Å². The van der Waals surface area contributed by atoms with E-state index in [-0.39, 0.29) is 6.04 Å². The van der Waals surface area contributed by atoms with E-state index in [2.05, 4.69) is 10.3 Å². The molecule has 1 aromatic heterocycles. The van der Waals surface area contributed by atoms with Crippen LogP contribution in [-0.4, -0.2) is 12.0 Å². The van der Waals surface area contributed by atoms with Gasteiger partial charge in [0, 0.05) is 6.20 Å². The highest BCUT2D eigenvalue weighted by molar-refractivity contribution is 5.30. The molecule has 0 aliphatic rings. The largest absolute Gasteiger partial charge is 0.308 e. The fourth-order valence-electron chi connectivity index (χ4n) is 1.89. The number of halogens is 2. The van der Waals surface area contributed by atoms with Crippen molar-refractivity contribution in [3.05, 3.63) is 65.0 Å². The summed E-state index contributed by atoms with van der Waals surface area (Å²) >= 11 is 0.